The molecule has 5 aromatic rings. The standard InChI is InChI=1S/C31H32N4O7/c1-17(2)26(34-29(37)42-31(3,4)5)28-33-21(16-40-28)27-32-14-24(41-27)20-15-35(30(38)39-6)22-12-9-11-19(25(20)22)18-10-7-8-13-23(18)36/h7-17,26,36H,1-6H3,(H,34,37)/t26-/m0/s1. The molecule has 3 heterocycles. The minimum atomic E-state index is -0.655. The Morgan fingerprint density at radius 3 is 2.48 bits per heavy atom. The molecule has 0 fully saturated rings. The van der Waals surface area contributed by atoms with Crippen molar-refractivity contribution >= 4 is 23.1 Å². The molecule has 0 aliphatic carbocycles. The van der Waals surface area contributed by atoms with Gasteiger partial charge in [-0.2, -0.15) is 0 Å². The van der Waals surface area contributed by atoms with E-state index in [1.807, 2.05) is 26.0 Å². The predicted octanol–water partition coefficient (Wildman–Crippen LogP) is 7.16. The third kappa shape index (κ3) is 5.58. The van der Waals surface area contributed by atoms with Gasteiger partial charge in [-0.15, -0.1) is 0 Å². The number of nitrogens with zero attached hydrogens (tertiary/aromatic N) is 3. The maximum atomic E-state index is 12.7. The summed E-state index contributed by atoms with van der Waals surface area (Å²) in [4.78, 5) is 34.1. The van der Waals surface area contributed by atoms with Crippen molar-refractivity contribution in [2.75, 3.05) is 7.11 Å². The van der Waals surface area contributed by atoms with Gasteiger partial charge in [-0.05, 0) is 44.4 Å². The maximum Gasteiger partial charge on any atom is 0.418 e. The molecule has 0 spiro atoms. The van der Waals surface area contributed by atoms with Crippen molar-refractivity contribution in [3.8, 4) is 39.8 Å². The van der Waals surface area contributed by atoms with E-state index in [0.717, 1.165) is 0 Å². The molecular formula is C31H32N4O7. The van der Waals surface area contributed by atoms with E-state index in [0.29, 0.717) is 39.0 Å². The normalized spacial score (nSPS) is 12.5. The van der Waals surface area contributed by atoms with Crippen LogP contribution in [0.25, 0.3) is 44.9 Å². The number of ether oxygens (including phenoxy) is 2. The number of hydrogen-bond acceptors (Lipinski definition) is 9. The molecule has 11 heteroatoms. The number of carbonyl (C=O) groups excluding carboxylic acids is 2. The zero-order valence-electron chi connectivity index (χ0n) is 24.2. The van der Waals surface area contributed by atoms with Crippen molar-refractivity contribution < 1.29 is 33.0 Å². The molecule has 0 bridgehead atoms. The number of amides is 1. The van der Waals surface area contributed by atoms with Gasteiger partial charge >= 0.3 is 12.2 Å². The zero-order valence-corrected chi connectivity index (χ0v) is 24.2. The van der Waals surface area contributed by atoms with Gasteiger partial charge in [0.2, 0.25) is 11.8 Å². The van der Waals surface area contributed by atoms with Crippen LogP contribution in [-0.4, -0.2) is 44.5 Å². The van der Waals surface area contributed by atoms with Crippen LogP contribution >= 0.6 is 0 Å². The molecule has 0 saturated heterocycles. The summed E-state index contributed by atoms with van der Waals surface area (Å²) in [6.45, 7) is 9.21. The summed E-state index contributed by atoms with van der Waals surface area (Å²) in [5.41, 5.74) is 2.07. The zero-order chi connectivity index (χ0) is 30.2. The van der Waals surface area contributed by atoms with Crippen molar-refractivity contribution in [3.05, 3.63) is 67.0 Å². The minimum absolute atomic E-state index is 0.0542. The van der Waals surface area contributed by atoms with Crippen LogP contribution in [0.3, 0.4) is 0 Å². The monoisotopic (exact) mass is 572 g/mol. The highest BCUT2D eigenvalue weighted by Gasteiger charge is 2.28. The number of oxazole rings is 2. The van der Waals surface area contributed by atoms with Gasteiger partial charge in [-0.1, -0.05) is 44.2 Å². The largest absolute Gasteiger partial charge is 0.507 e. The lowest BCUT2D eigenvalue weighted by molar-refractivity contribution is 0.0479. The average Bonchev–Trinajstić information content (AvgIpc) is 3.69. The summed E-state index contributed by atoms with van der Waals surface area (Å²) in [5, 5.41) is 14.1. The number of benzene rings is 2. The fourth-order valence-electron chi connectivity index (χ4n) is 4.64. The van der Waals surface area contributed by atoms with Crippen LogP contribution in [0.5, 0.6) is 5.75 Å². The molecule has 1 atom stereocenters. The molecule has 0 unspecified atom stereocenters. The quantitative estimate of drug-likeness (QED) is 0.217. The van der Waals surface area contributed by atoms with E-state index in [2.05, 4.69) is 15.3 Å². The Morgan fingerprint density at radius 1 is 1.05 bits per heavy atom. The molecule has 5 rings (SSSR count). The maximum absolute atomic E-state index is 12.7. The number of aromatic nitrogens is 3. The second kappa shape index (κ2) is 11.1. The second-order valence-electron chi connectivity index (χ2n) is 11.1. The van der Waals surface area contributed by atoms with Crippen molar-refractivity contribution in [2.45, 2.75) is 46.3 Å². The van der Waals surface area contributed by atoms with E-state index in [1.165, 1.54) is 24.1 Å². The lowest BCUT2D eigenvalue weighted by Gasteiger charge is -2.24. The van der Waals surface area contributed by atoms with Crippen LogP contribution in [0.1, 0.15) is 46.6 Å². The number of alkyl carbamates (subject to hydrolysis) is 1. The van der Waals surface area contributed by atoms with Crippen molar-refractivity contribution in [1.29, 1.82) is 0 Å². The lowest BCUT2D eigenvalue weighted by Crippen LogP contribution is -2.37. The van der Waals surface area contributed by atoms with E-state index in [1.54, 1.807) is 57.3 Å². The number of rotatable bonds is 6. The van der Waals surface area contributed by atoms with Crippen LogP contribution in [0.15, 0.2) is 70.0 Å². The first-order chi connectivity index (χ1) is 20.0. The first-order valence-electron chi connectivity index (χ1n) is 13.4. The molecule has 2 aromatic carbocycles. The Kier molecular flexibility index (Phi) is 7.51. The Labute approximate surface area is 242 Å². The number of nitrogens with one attached hydrogen (secondary N) is 1. The molecule has 42 heavy (non-hydrogen) atoms. The summed E-state index contributed by atoms with van der Waals surface area (Å²) in [6.07, 6.45) is 3.38. The third-order valence-corrected chi connectivity index (χ3v) is 6.51. The van der Waals surface area contributed by atoms with E-state index in [-0.39, 0.29) is 23.4 Å². The van der Waals surface area contributed by atoms with Gasteiger partial charge in [-0.25, -0.2) is 19.6 Å². The van der Waals surface area contributed by atoms with Gasteiger partial charge in [0, 0.05) is 22.7 Å². The van der Waals surface area contributed by atoms with Crippen LogP contribution in [-0.2, 0) is 9.47 Å². The summed E-state index contributed by atoms with van der Waals surface area (Å²) in [7, 11) is 1.30. The van der Waals surface area contributed by atoms with Crippen LogP contribution < -0.4 is 5.32 Å². The fraction of sp³-hybridized carbons (Fsp3) is 0.290. The average molecular weight is 573 g/mol. The summed E-state index contributed by atoms with van der Waals surface area (Å²) in [5.74, 6) is 0.849. The van der Waals surface area contributed by atoms with Crippen molar-refractivity contribution in [1.82, 2.24) is 19.9 Å². The lowest BCUT2D eigenvalue weighted by atomic mass is 9.98. The molecule has 0 radical (unpaired) electrons. The summed E-state index contributed by atoms with van der Waals surface area (Å²) < 4.78 is 23.6. The van der Waals surface area contributed by atoms with Gasteiger partial charge < -0.3 is 28.7 Å². The number of fused-ring (bicyclic) bond motifs is 1. The van der Waals surface area contributed by atoms with E-state index < -0.39 is 23.8 Å². The fourth-order valence-corrected chi connectivity index (χ4v) is 4.64. The smallest absolute Gasteiger partial charge is 0.418 e. The Hall–Kier alpha value is -5.06. The molecule has 2 N–H and O–H groups in total. The number of phenolic OH excluding ortho intramolecular Hbond substituents is 1. The Morgan fingerprint density at radius 2 is 1.79 bits per heavy atom. The van der Waals surface area contributed by atoms with Gasteiger partial charge in [0.1, 0.15) is 23.7 Å². The first-order valence-corrected chi connectivity index (χ1v) is 13.4. The molecule has 3 aromatic heterocycles. The van der Waals surface area contributed by atoms with Gasteiger partial charge in [0.25, 0.3) is 0 Å². The number of hydrogen-bond donors (Lipinski definition) is 2. The Balaban J connectivity index is 1.54. The molecule has 0 aliphatic heterocycles. The first kappa shape index (κ1) is 28.5. The van der Waals surface area contributed by atoms with Crippen LogP contribution in [0.4, 0.5) is 9.59 Å². The molecule has 218 valence electrons. The number of aromatic hydroxyl groups is 1. The van der Waals surface area contributed by atoms with E-state index in [9.17, 15) is 14.7 Å². The summed E-state index contributed by atoms with van der Waals surface area (Å²) >= 11 is 0. The molecule has 11 nitrogen and oxygen atoms in total. The minimum Gasteiger partial charge on any atom is -0.507 e. The molecule has 1 amide bonds. The highest BCUT2D eigenvalue weighted by Crippen LogP contribution is 2.41. The molecule has 0 saturated carbocycles. The highest BCUT2D eigenvalue weighted by molar-refractivity contribution is 6.08. The topological polar surface area (TPSA) is 142 Å². The van der Waals surface area contributed by atoms with Gasteiger partial charge in [0.15, 0.2) is 11.5 Å². The SMILES string of the molecule is COC(=O)n1cc(-c2cnc(-c3coc([C@@H](NC(=O)OC(C)(C)C)C(C)C)n3)o2)c2c(-c3ccccc3O)cccc21. The van der Waals surface area contributed by atoms with Crippen LogP contribution in [0, 0.1) is 5.92 Å². The number of para-hydroxylation sites is 1. The second-order valence-corrected chi connectivity index (χ2v) is 11.1. The third-order valence-electron chi connectivity index (χ3n) is 6.51. The van der Waals surface area contributed by atoms with Crippen molar-refractivity contribution in [2.24, 2.45) is 5.92 Å². The van der Waals surface area contributed by atoms with E-state index >= 15 is 0 Å². The molecule has 0 aliphatic rings. The summed E-state index contributed by atoms with van der Waals surface area (Å²) in [6, 6.07) is 11.8. The predicted molar refractivity (Wildman–Crippen MR) is 155 cm³/mol. The van der Waals surface area contributed by atoms with Gasteiger partial charge in [0.05, 0.1) is 18.8 Å². The van der Waals surface area contributed by atoms with Crippen LogP contribution in [0.2, 0.25) is 0 Å². The van der Waals surface area contributed by atoms with Gasteiger partial charge in [-0.3, -0.25) is 4.57 Å². The number of methoxy groups -OCH3 is 1. The highest BCUT2D eigenvalue weighted by atomic mass is 16.6. The Bertz CT molecular complexity index is 1760. The van der Waals surface area contributed by atoms with E-state index in [4.69, 9.17) is 18.3 Å². The number of phenols is 1. The number of carbonyl (C=O) groups is 2. The molecular weight excluding hydrogens is 540 g/mol. The van der Waals surface area contributed by atoms with Crippen molar-refractivity contribution in [3.63, 3.8) is 0 Å².